The number of nitrogens with zero attached hydrogens (tertiary/aromatic N) is 3. The zero-order valence-corrected chi connectivity index (χ0v) is 14.6. The molecule has 1 aromatic heterocycles. The minimum absolute atomic E-state index is 0.0762. The van der Waals surface area contributed by atoms with E-state index in [0.29, 0.717) is 37.8 Å². The average Bonchev–Trinajstić information content (AvgIpc) is 2.91. The van der Waals surface area contributed by atoms with E-state index in [1.54, 1.807) is 14.0 Å². The van der Waals surface area contributed by atoms with Gasteiger partial charge in [0.05, 0.1) is 30.5 Å². The number of rotatable bonds is 7. The lowest BCUT2D eigenvalue weighted by atomic mass is 10.2. The molecule has 0 unspecified atom stereocenters. The molecule has 0 fully saturated rings. The first-order valence-corrected chi connectivity index (χ1v) is 9.31. The van der Waals surface area contributed by atoms with Gasteiger partial charge in [-0.1, -0.05) is 0 Å². The molecule has 0 aromatic carbocycles. The highest BCUT2D eigenvalue weighted by Crippen LogP contribution is 2.27. The molecule has 2 heterocycles. The van der Waals surface area contributed by atoms with Crippen molar-refractivity contribution in [3.05, 3.63) is 17.7 Å². The van der Waals surface area contributed by atoms with Crippen LogP contribution >= 0.6 is 0 Å². The minimum Gasteiger partial charge on any atom is -0.383 e. The topological polar surface area (TPSA) is 93.5 Å². The third-order valence-electron chi connectivity index (χ3n) is 3.92. The average molecular weight is 344 g/mol. The van der Waals surface area contributed by atoms with Crippen molar-refractivity contribution in [1.82, 2.24) is 19.2 Å². The highest BCUT2D eigenvalue weighted by molar-refractivity contribution is 7.89. The number of methoxy groups -OCH3 is 1. The van der Waals surface area contributed by atoms with Crippen LogP contribution in [0, 0.1) is 0 Å². The Kier molecular flexibility index (Phi) is 5.77. The molecule has 130 valence electrons. The smallest absolute Gasteiger partial charge is 0.226 e. The molecule has 1 N–H and O–H groups in total. The molecule has 1 amide bonds. The molecule has 1 atom stereocenters. The van der Waals surface area contributed by atoms with E-state index in [4.69, 9.17) is 4.74 Å². The van der Waals surface area contributed by atoms with Gasteiger partial charge in [0.25, 0.3) is 0 Å². The largest absolute Gasteiger partial charge is 0.383 e. The SMILES string of the molecule is CCS(=O)(=O)N1CCn2cc(CC(=O)NCCOC)nc2[C@@H]1C. The Labute approximate surface area is 136 Å². The second-order valence-electron chi connectivity index (χ2n) is 5.49. The van der Waals surface area contributed by atoms with E-state index in [0.717, 1.165) is 0 Å². The maximum atomic E-state index is 12.1. The molecule has 9 heteroatoms. The van der Waals surface area contributed by atoms with Crippen LogP contribution in [0.15, 0.2) is 6.20 Å². The van der Waals surface area contributed by atoms with Crippen LogP contribution in [0.25, 0.3) is 0 Å². The first-order chi connectivity index (χ1) is 10.9. The Balaban J connectivity index is 2.07. The van der Waals surface area contributed by atoms with Crippen LogP contribution in [0.1, 0.15) is 31.4 Å². The van der Waals surface area contributed by atoms with Crippen molar-refractivity contribution in [3.8, 4) is 0 Å². The van der Waals surface area contributed by atoms with Crippen molar-refractivity contribution in [1.29, 1.82) is 0 Å². The second kappa shape index (κ2) is 7.41. The first kappa shape index (κ1) is 17.9. The van der Waals surface area contributed by atoms with Gasteiger partial charge in [0.1, 0.15) is 5.82 Å². The molecule has 8 nitrogen and oxygen atoms in total. The fourth-order valence-electron chi connectivity index (χ4n) is 2.68. The molecular formula is C14H24N4O4S. The summed E-state index contributed by atoms with van der Waals surface area (Å²) in [4.78, 5) is 16.3. The van der Waals surface area contributed by atoms with Gasteiger partial charge in [0, 0.05) is 32.9 Å². The number of imidazole rings is 1. The van der Waals surface area contributed by atoms with Gasteiger partial charge in [0.2, 0.25) is 15.9 Å². The minimum atomic E-state index is -3.26. The predicted molar refractivity (Wildman–Crippen MR) is 85.4 cm³/mol. The fraction of sp³-hybridized carbons (Fsp3) is 0.714. The van der Waals surface area contributed by atoms with Gasteiger partial charge in [-0.25, -0.2) is 13.4 Å². The zero-order chi connectivity index (χ0) is 17.0. The zero-order valence-electron chi connectivity index (χ0n) is 13.8. The molecule has 0 saturated carbocycles. The standard InChI is InChI=1S/C14H24N4O4S/c1-4-23(20,21)18-7-6-17-10-12(16-14(17)11(18)2)9-13(19)15-5-8-22-3/h10-11H,4-9H2,1-3H3,(H,15,19)/t11-/m0/s1. The van der Waals surface area contributed by atoms with E-state index in [-0.39, 0.29) is 24.1 Å². The lowest BCUT2D eigenvalue weighted by Gasteiger charge is -2.32. The number of hydrogen-bond acceptors (Lipinski definition) is 5. The van der Waals surface area contributed by atoms with Crippen LogP contribution in [-0.4, -0.2) is 60.7 Å². The molecule has 1 aliphatic rings. The molecule has 1 aliphatic heterocycles. The van der Waals surface area contributed by atoms with Gasteiger partial charge in [0.15, 0.2) is 0 Å². The van der Waals surface area contributed by atoms with Gasteiger partial charge < -0.3 is 14.6 Å². The van der Waals surface area contributed by atoms with Crippen molar-refractivity contribution < 1.29 is 17.9 Å². The number of carbonyl (C=O) groups excluding carboxylic acids is 1. The Hall–Kier alpha value is -1.45. The number of carbonyl (C=O) groups is 1. The van der Waals surface area contributed by atoms with Crippen molar-refractivity contribution in [2.75, 3.05) is 32.6 Å². The van der Waals surface area contributed by atoms with Crippen molar-refractivity contribution in [2.24, 2.45) is 0 Å². The van der Waals surface area contributed by atoms with Crippen molar-refractivity contribution in [2.45, 2.75) is 32.9 Å². The maximum Gasteiger partial charge on any atom is 0.226 e. The highest BCUT2D eigenvalue weighted by Gasteiger charge is 2.33. The second-order valence-corrected chi connectivity index (χ2v) is 7.70. The Morgan fingerprint density at radius 3 is 2.87 bits per heavy atom. The molecule has 23 heavy (non-hydrogen) atoms. The molecule has 0 radical (unpaired) electrons. The summed E-state index contributed by atoms with van der Waals surface area (Å²) in [6, 6.07) is -0.320. The lowest BCUT2D eigenvalue weighted by molar-refractivity contribution is -0.120. The number of hydrogen-bond donors (Lipinski definition) is 1. The summed E-state index contributed by atoms with van der Waals surface area (Å²) < 4.78 is 32.5. The molecule has 0 spiro atoms. The molecule has 0 saturated heterocycles. The Morgan fingerprint density at radius 1 is 1.48 bits per heavy atom. The third kappa shape index (κ3) is 4.10. The first-order valence-electron chi connectivity index (χ1n) is 7.70. The van der Waals surface area contributed by atoms with E-state index in [9.17, 15) is 13.2 Å². The van der Waals surface area contributed by atoms with E-state index >= 15 is 0 Å². The van der Waals surface area contributed by atoms with Gasteiger partial charge in [-0.15, -0.1) is 0 Å². The van der Waals surface area contributed by atoms with E-state index in [1.165, 1.54) is 4.31 Å². The number of fused-ring (bicyclic) bond motifs is 1. The van der Waals surface area contributed by atoms with Crippen molar-refractivity contribution >= 4 is 15.9 Å². The quantitative estimate of drug-likeness (QED) is 0.698. The monoisotopic (exact) mass is 344 g/mol. The summed E-state index contributed by atoms with van der Waals surface area (Å²) in [5.74, 6) is 0.642. The number of aromatic nitrogens is 2. The van der Waals surface area contributed by atoms with Crippen LogP contribution < -0.4 is 5.32 Å². The van der Waals surface area contributed by atoms with E-state index < -0.39 is 10.0 Å². The number of nitrogens with one attached hydrogen (secondary N) is 1. The summed E-state index contributed by atoms with van der Waals surface area (Å²) in [7, 11) is -1.68. The molecule has 2 rings (SSSR count). The van der Waals surface area contributed by atoms with E-state index in [2.05, 4.69) is 10.3 Å². The van der Waals surface area contributed by atoms with Crippen LogP contribution in [-0.2, 0) is 32.5 Å². The van der Waals surface area contributed by atoms with Crippen molar-refractivity contribution in [3.63, 3.8) is 0 Å². The third-order valence-corrected chi connectivity index (χ3v) is 5.86. The molecular weight excluding hydrogens is 320 g/mol. The summed E-state index contributed by atoms with van der Waals surface area (Å²) >= 11 is 0. The lowest BCUT2D eigenvalue weighted by Crippen LogP contribution is -2.41. The van der Waals surface area contributed by atoms with Gasteiger partial charge in [-0.05, 0) is 13.8 Å². The number of sulfonamides is 1. The summed E-state index contributed by atoms with van der Waals surface area (Å²) in [6.45, 7) is 5.37. The van der Waals surface area contributed by atoms with Crippen LogP contribution in [0.5, 0.6) is 0 Å². The summed E-state index contributed by atoms with van der Waals surface area (Å²) in [5.41, 5.74) is 0.650. The maximum absolute atomic E-state index is 12.1. The molecule has 0 aliphatic carbocycles. The Bertz CT molecular complexity index is 656. The van der Waals surface area contributed by atoms with Gasteiger partial charge in [-0.2, -0.15) is 4.31 Å². The van der Waals surface area contributed by atoms with Crippen LogP contribution in [0.4, 0.5) is 0 Å². The Morgan fingerprint density at radius 2 is 2.22 bits per heavy atom. The summed E-state index contributed by atoms with van der Waals surface area (Å²) in [5, 5.41) is 2.75. The summed E-state index contributed by atoms with van der Waals surface area (Å²) in [6.07, 6.45) is 2.01. The van der Waals surface area contributed by atoms with Crippen LogP contribution in [0.2, 0.25) is 0 Å². The molecule has 1 aromatic rings. The van der Waals surface area contributed by atoms with Crippen LogP contribution in [0.3, 0.4) is 0 Å². The predicted octanol–water partition coefficient (Wildman–Crippen LogP) is -0.0855. The fourth-order valence-corrected chi connectivity index (χ4v) is 3.95. The number of ether oxygens (including phenoxy) is 1. The molecule has 0 bridgehead atoms. The van der Waals surface area contributed by atoms with Gasteiger partial charge >= 0.3 is 0 Å². The highest BCUT2D eigenvalue weighted by atomic mass is 32.2. The van der Waals surface area contributed by atoms with Gasteiger partial charge in [-0.3, -0.25) is 4.79 Å². The number of amides is 1. The normalized spacial score (nSPS) is 18.7. The van der Waals surface area contributed by atoms with E-state index in [1.807, 2.05) is 17.7 Å².